The number of benzene rings is 1. The van der Waals surface area contributed by atoms with E-state index < -0.39 is 66.7 Å². The molecule has 1 aromatic carbocycles. The number of phenols is 2. The van der Waals surface area contributed by atoms with Crippen molar-refractivity contribution in [2.45, 2.75) is 56.4 Å². The first-order valence-electron chi connectivity index (χ1n) is 11.9. The first kappa shape index (κ1) is 27.8. The van der Waals surface area contributed by atoms with E-state index in [9.17, 15) is 35.1 Å². The first-order valence-corrected chi connectivity index (χ1v) is 11.9. The predicted molar refractivity (Wildman–Crippen MR) is 124 cm³/mol. The van der Waals surface area contributed by atoms with E-state index in [0.717, 1.165) is 6.26 Å². The van der Waals surface area contributed by atoms with E-state index >= 15 is 0 Å². The van der Waals surface area contributed by atoms with E-state index in [-0.39, 0.29) is 31.0 Å². The third kappa shape index (κ3) is 5.62. The number of esters is 2. The van der Waals surface area contributed by atoms with Gasteiger partial charge in [-0.05, 0) is 24.6 Å². The van der Waals surface area contributed by atoms with Gasteiger partial charge in [-0.2, -0.15) is 0 Å². The molecule has 2 saturated heterocycles. The van der Waals surface area contributed by atoms with E-state index in [1.807, 2.05) is 0 Å². The Morgan fingerprint density at radius 1 is 1.05 bits per heavy atom. The average Bonchev–Trinajstić information content (AvgIpc) is 2.90. The average molecular weight is 539 g/mol. The molecule has 3 aliphatic heterocycles. The minimum Gasteiger partial charge on any atom is -0.504 e. The fourth-order valence-corrected chi connectivity index (χ4v) is 4.50. The van der Waals surface area contributed by atoms with Crippen LogP contribution < -0.4 is 0 Å². The number of rotatable bonds is 2. The van der Waals surface area contributed by atoms with Crippen LogP contribution in [0.5, 0.6) is 11.5 Å². The Morgan fingerprint density at radius 3 is 2.50 bits per heavy atom. The Balaban J connectivity index is 1.70. The zero-order chi connectivity index (χ0) is 27.6. The lowest BCUT2D eigenvalue weighted by Gasteiger charge is -2.42. The Morgan fingerprint density at radius 2 is 1.82 bits per heavy atom. The van der Waals surface area contributed by atoms with Crippen LogP contribution >= 0.6 is 0 Å². The maximum Gasteiger partial charge on any atom is 0.337 e. The van der Waals surface area contributed by atoms with E-state index in [1.54, 1.807) is 13.0 Å². The second-order valence-corrected chi connectivity index (χ2v) is 8.98. The molecule has 8 unspecified atom stereocenters. The molecule has 0 amide bonds. The molecule has 3 aliphatic rings. The van der Waals surface area contributed by atoms with Crippen molar-refractivity contribution in [2.75, 3.05) is 20.3 Å². The molecule has 208 valence electrons. The lowest BCUT2D eigenvalue weighted by molar-refractivity contribution is -0.330. The molecule has 2 fully saturated rings. The second kappa shape index (κ2) is 11.7. The summed E-state index contributed by atoms with van der Waals surface area (Å²) in [5.74, 6) is -3.13. The van der Waals surface area contributed by atoms with Gasteiger partial charge in [-0.3, -0.25) is 4.79 Å². The number of aromatic hydroxyl groups is 2. The number of carbonyl (C=O) groups excluding carboxylic acids is 2. The lowest BCUT2D eigenvalue weighted by atomic mass is 9.86. The maximum absolute atomic E-state index is 12.9. The molecule has 3 heterocycles. The van der Waals surface area contributed by atoms with Crippen molar-refractivity contribution in [1.29, 1.82) is 0 Å². The van der Waals surface area contributed by atoms with Crippen molar-refractivity contribution in [3.05, 3.63) is 47.2 Å². The van der Waals surface area contributed by atoms with Gasteiger partial charge in [0.2, 0.25) is 6.29 Å². The molecule has 4 bridgehead atoms. The molecule has 4 rings (SSSR count). The molecule has 8 atom stereocenters. The molecular formula is C25H30O13. The van der Waals surface area contributed by atoms with Gasteiger partial charge in [0.25, 0.3) is 0 Å². The summed E-state index contributed by atoms with van der Waals surface area (Å²) in [6, 6.07) is 3.89. The third-order valence-electron chi connectivity index (χ3n) is 6.65. The molecule has 13 heteroatoms. The normalized spacial score (nSPS) is 35.3. The smallest absolute Gasteiger partial charge is 0.337 e. The maximum atomic E-state index is 12.9. The zero-order valence-electron chi connectivity index (χ0n) is 20.6. The van der Waals surface area contributed by atoms with E-state index in [2.05, 4.69) is 0 Å². The highest BCUT2D eigenvalue weighted by molar-refractivity contribution is 5.90. The number of ether oxygens (including phenoxy) is 6. The minimum absolute atomic E-state index is 0.0270. The summed E-state index contributed by atoms with van der Waals surface area (Å²) >= 11 is 0. The standard InChI is InChI=1S/C25H30O13/c1-3-12-13-7-19(28)35-9-17(11-4-5-15(26)16(27)6-11)34-10-18-20(29)21(30)22(31)25(37-18)38-24(12)36-8-14(13)23(32)33-2/h3-6,8,13,17-18,20-22,24-27,29-31H,7,9-10H2,1-2H3. The molecule has 0 radical (unpaired) electrons. The molecular weight excluding hydrogens is 508 g/mol. The fraction of sp³-hybridized carbons (Fsp3) is 0.520. The van der Waals surface area contributed by atoms with Crippen molar-refractivity contribution in [3.63, 3.8) is 0 Å². The summed E-state index contributed by atoms with van der Waals surface area (Å²) in [5.41, 5.74) is 0.694. The fourth-order valence-electron chi connectivity index (χ4n) is 4.50. The lowest BCUT2D eigenvalue weighted by Crippen LogP contribution is -2.60. The first-order chi connectivity index (χ1) is 18.1. The van der Waals surface area contributed by atoms with Gasteiger partial charge in [-0.1, -0.05) is 12.1 Å². The van der Waals surface area contributed by atoms with Crippen molar-refractivity contribution >= 4 is 11.9 Å². The van der Waals surface area contributed by atoms with Crippen molar-refractivity contribution in [3.8, 4) is 11.5 Å². The van der Waals surface area contributed by atoms with Gasteiger partial charge in [0.15, 0.2) is 17.8 Å². The highest BCUT2D eigenvalue weighted by Crippen LogP contribution is 2.37. The third-order valence-corrected chi connectivity index (χ3v) is 6.65. The number of hydrogen-bond acceptors (Lipinski definition) is 13. The van der Waals surface area contributed by atoms with Crippen LogP contribution in [-0.2, 0) is 38.0 Å². The van der Waals surface area contributed by atoms with E-state index in [4.69, 9.17) is 28.4 Å². The Kier molecular flexibility index (Phi) is 8.55. The van der Waals surface area contributed by atoms with Gasteiger partial charge in [0.1, 0.15) is 37.1 Å². The summed E-state index contributed by atoms with van der Waals surface area (Å²) in [4.78, 5) is 25.3. The zero-order valence-corrected chi connectivity index (χ0v) is 20.6. The van der Waals surface area contributed by atoms with Crippen LogP contribution in [0.3, 0.4) is 0 Å². The molecule has 0 aromatic heterocycles. The minimum atomic E-state index is -1.67. The molecule has 1 aromatic rings. The van der Waals surface area contributed by atoms with E-state index in [0.29, 0.717) is 11.1 Å². The Labute approximate surface area is 217 Å². The van der Waals surface area contributed by atoms with Crippen molar-refractivity contribution < 1.29 is 63.5 Å². The SMILES string of the molecule is CC=C1C2OC=C(C(=O)OC)C1CC(=O)OCC(c1ccc(O)c(O)c1)OCC1OC(O2)C(O)C(O)C1O. The Hall–Kier alpha value is -3.20. The molecule has 38 heavy (non-hydrogen) atoms. The predicted octanol–water partition coefficient (Wildman–Crippen LogP) is -0.0977. The molecule has 0 aliphatic carbocycles. The highest BCUT2D eigenvalue weighted by atomic mass is 16.8. The largest absolute Gasteiger partial charge is 0.504 e. The number of carbonyl (C=O) groups is 2. The van der Waals surface area contributed by atoms with Crippen LogP contribution in [0.25, 0.3) is 0 Å². The van der Waals surface area contributed by atoms with Gasteiger partial charge in [0.05, 0.1) is 32.0 Å². The van der Waals surface area contributed by atoms with Crippen LogP contribution in [0.4, 0.5) is 0 Å². The molecule has 0 saturated carbocycles. The number of hydrogen-bond donors (Lipinski definition) is 5. The van der Waals surface area contributed by atoms with Crippen LogP contribution in [0, 0.1) is 5.92 Å². The monoisotopic (exact) mass is 538 g/mol. The molecule has 13 nitrogen and oxygen atoms in total. The number of aliphatic hydroxyl groups is 3. The summed E-state index contributed by atoms with van der Waals surface area (Å²) in [5, 5.41) is 51.1. The second-order valence-electron chi connectivity index (χ2n) is 8.98. The van der Waals surface area contributed by atoms with Gasteiger partial charge in [0, 0.05) is 11.5 Å². The topological polar surface area (TPSA) is 191 Å². The van der Waals surface area contributed by atoms with Crippen LogP contribution in [0.15, 0.2) is 41.7 Å². The van der Waals surface area contributed by atoms with Crippen LogP contribution in [-0.4, -0.2) is 94.8 Å². The van der Waals surface area contributed by atoms with Crippen molar-refractivity contribution in [2.24, 2.45) is 5.92 Å². The quantitative estimate of drug-likeness (QED) is 0.191. The van der Waals surface area contributed by atoms with Gasteiger partial charge < -0.3 is 54.0 Å². The number of fused-ring (bicyclic) bond motifs is 4. The number of methoxy groups -OCH3 is 1. The van der Waals surface area contributed by atoms with Gasteiger partial charge >= 0.3 is 11.9 Å². The summed E-state index contributed by atoms with van der Waals surface area (Å²) in [6.45, 7) is 0.954. The van der Waals surface area contributed by atoms with Crippen LogP contribution in [0.1, 0.15) is 25.0 Å². The molecule has 5 N–H and O–H groups in total. The summed E-state index contributed by atoms with van der Waals surface area (Å²) in [7, 11) is 1.18. The van der Waals surface area contributed by atoms with Gasteiger partial charge in [-0.15, -0.1) is 0 Å². The summed E-state index contributed by atoms with van der Waals surface area (Å²) < 4.78 is 33.2. The van der Waals surface area contributed by atoms with E-state index in [1.165, 1.54) is 25.3 Å². The van der Waals surface area contributed by atoms with Crippen molar-refractivity contribution in [1.82, 2.24) is 0 Å². The number of allylic oxidation sites excluding steroid dienone is 1. The number of cyclic esters (lactones) is 1. The number of phenolic OH excluding ortho intramolecular Hbond substituents is 2. The van der Waals surface area contributed by atoms with Crippen LogP contribution in [0.2, 0.25) is 0 Å². The number of aliphatic hydroxyl groups excluding tert-OH is 3. The summed E-state index contributed by atoms with van der Waals surface area (Å²) in [6.07, 6.45) is -7.44. The Bertz CT molecular complexity index is 1100. The molecule has 0 spiro atoms. The highest BCUT2D eigenvalue weighted by Gasteiger charge is 2.47. The van der Waals surface area contributed by atoms with Gasteiger partial charge in [-0.25, -0.2) is 4.79 Å².